The fourth-order valence-corrected chi connectivity index (χ4v) is 3.27. The molecule has 9 heteroatoms. The van der Waals surface area contributed by atoms with E-state index in [0.29, 0.717) is 30.3 Å². The predicted molar refractivity (Wildman–Crippen MR) is 93.5 cm³/mol. The van der Waals surface area contributed by atoms with Crippen LogP contribution in [0.1, 0.15) is 44.9 Å². The number of aromatic nitrogens is 2. The van der Waals surface area contributed by atoms with E-state index in [1.807, 2.05) is 0 Å². The van der Waals surface area contributed by atoms with Crippen molar-refractivity contribution in [3.63, 3.8) is 0 Å². The van der Waals surface area contributed by atoms with Gasteiger partial charge in [0.25, 0.3) is 11.8 Å². The van der Waals surface area contributed by atoms with E-state index in [1.54, 1.807) is 4.90 Å². The van der Waals surface area contributed by atoms with Crippen molar-refractivity contribution in [3.8, 4) is 0 Å². The molecule has 1 fully saturated rings. The van der Waals surface area contributed by atoms with Gasteiger partial charge in [-0.2, -0.15) is 18.3 Å². The summed E-state index contributed by atoms with van der Waals surface area (Å²) in [6, 6.07) is 6.23. The van der Waals surface area contributed by atoms with Gasteiger partial charge in [0.2, 0.25) is 0 Å². The van der Waals surface area contributed by atoms with Crippen LogP contribution in [0.4, 0.5) is 13.2 Å². The predicted octanol–water partition coefficient (Wildman–Crippen LogP) is 2.70. The third-order valence-electron chi connectivity index (χ3n) is 4.98. The molecule has 1 N–H and O–H groups in total. The molecule has 0 unspecified atom stereocenters. The van der Waals surface area contributed by atoms with Crippen LogP contribution in [0.2, 0.25) is 0 Å². The van der Waals surface area contributed by atoms with Crippen LogP contribution in [0, 0.1) is 5.92 Å². The maximum Gasteiger partial charge on any atom is 0.416 e. The van der Waals surface area contributed by atoms with Crippen molar-refractivity contribution in [3.05, 3.63) is 52.8 Å². The number of nitrogens with one attached hydrogen (secondary N) is 1. The minimum absolute atomic E-state index is 0.0628. The van der Waals surface area contributed by atoms with Crippen LogP contribution in [-0.2, 0) is 19.3 Å². The molecule has 0 saturated heterocycles. The number of amides is 2. The number of alkyl halides is 3. The maximum atomic E-state index is 12.8. The molecule has 1 aliphatic carbocycles. The summed E-state index contributed by atoms with van der Waals surface area (Å²) in [5.74, 6) is -0.0860. The molecule has 6 nitrogen and oxygen atoms in total. The SMILES string of the molecule is O=C(NCc1cccc(C(F)(F)F)c1)c1cc2n(n1)CCN(CC1CC1)C2=O. The number of rotatable bonds is 5. The van der Waals surface area contributed by atoms with Crippen LogP contribution < -0.4 is 5.32 Å². The van der Waals surface area contributed by atoms with Gasteiger partial charge in [-0.1, -0.05) is 12.1 Å². The van der Waals surface area contributed by atoms with E-state index >= 15 is 0 Å². The molecule has 2 aliphatic rings. The fraction of sp³-hybridized carbons (Fsp3) is 0.421. The van der Waals surface area contributed by atoms with Crippen molar-refractivity contribution in [2.75, 3.05) is 13.1 Å². The summed E-state index contributed by atoms with van der Waals surface area (Å²) in [5, 5.41) is 6.74. The van der Waals surface area contributed by atoms with E-state index < -0.39 is 17.6 Å². The summed E-state index contributed by atoms with van der Waals surface area (Å²) in [5.41, 5.74) is 0.0246. The van der Waals surface area contributed by atoms with Gasteiger partial charge in [0.15, 0.2) is 5.69 Å². The van der Waals surface area contributed by atoms with Gasteiger partial charge in [0, 0.05) is 25.7 Å². The number of carbonyl (C=O) groups is 2. The fourth-order valence-electron chi connectivity index (χ4n) is 3.27. The highest BCUT2D eigenvalue weighted by Crippen LogP contribution is 2.31. The van der Waals surface area contributed by atoms with Gasteiger partial charge in [0.05, 0.1) is 12.1 Å². The minimum Gasteiger partial charge on any atom is -0.347 e. The molecule has 0 spiro atoms. The summed E-state index contributed by atoms with van der Waals surface area (Å²) < 4.78 is 39.9. The number of carbonyl (C=O) groups excluding carboxylic acids is 2. The Morgan fingerprint density at radius 2 is 2.00 bits per heavy atom. The first-order valence-electron chi connectivity index (χ1n) is 9.13. The van der Waals surface area contributed by atoms with E-state index in [-0.39, 0.29) is 18.1 Å². The lowest BCUT2D eigenvalue weighted by Crippen LogP contribution is -2.41. The maximum absolute atomic E-state index is 12.8. The van der Waals surface area contributed by atoms with E-state index in [9.17, 15) is 22.8 Å². The minimum atomic E-state index is -4.43. The lowest BCUT2D eigenvalue weighted by Gasteiger charge is -2.27. The Bertz CT molecular complexity index is 918. The second-order valence-corrected chi connectivity index (χ2v) is 7.21. The standard InChI is InChI=1S/C19H19F3N4O2/c20-19(21,22)14-3-1-2-13(8-14)10-23-17(27)15-9-16-18(28)25(11-12-4-5-12)6-7-26(16)24-15/h1-3,8-9,12H,4-7,10-11H2,(H,23,27). The van der Waals surface area contributed by atoms with Gasteiger partial charge < -0.3 is 10.2 Å². The van der Waals surface area contributed by atoms with Crippen molar-refractivity contribution in [1.29, 1.82) is 0 Å². The van der Waals surface area contributed by atoms with Gasteiger partial charge in [-0.25, -0.2) is 0 Å². The number of hydrogen-bond acceptors (Lipinski definition) is 3. The van der Waals surface area contributed by atoms with E-state index in [0.717, 1.165) is 31.5 Å². The van der Waals surface area contributed by atoms with Crippen molar-refractivity contribution >= 4 is 11.8 Å². The average Bonchev–Trinajstić information content (AvgIpc) is 3.37. The van der Waals surface area contributed by atoms with Gasteiger partial charge in [-0.3, -0.25) is 14.3 Å². The summed E-state index contributed by atoms with van der Waals surface area (Å²) in [6.07, 6.45) is -2.14. The zero-order chi connectivity index (χ0) is 19.9. The molecular weight excluding hydrogens is 373 g/mol. The third-order valence-corrected chi connectivity index (χ3v) is 4.98. The van der Waals surface area contributed by atoms with Gasteiger partial charge in [0.1, 0.15) is 5.69 Å². The molecule has 0 radical (unpaired) electrons. The van der Waals surface area contributed by atoms with E-state index in [1.165, 1.54) is 22.9 Å². The van der Waals surface area contributed by atoms with Crippen molar-refractivity contribution < 1.29 is 22.8 Å². The lowest BCUT2D eigenvalue weighted by atomic mass is 10.1. The van der Waals surface area contributed by atoms with Crippen LogP contribution in [0.25, 0.3) is 0 Å². The lowest BCUT2D eigenvalue weighted by molar-refractivity contribution is -0.137. The van der Waals surface area contributed by atoms with E-state index in [4.69, 9.17) is 0 Å². The molecule has 0 atom stereocenters. The molecule has 2 amide bonds. The molecule has 1 saturated carbocycles. The topological polar surface area (TPSA) is 67.2 Å². The molecule has 1 aromatic carbocycles. The van der Waals surface area contributed by atoms with Crippen LogP contribution in [-0.4, -0.2) is 39.6 Å². The Kier molecular flexibility index (Phi) is 4.60. The molecule has 4 rings (SSSR count). The molecule has 0 bridgehead atoms. The van der Waals surface area contributed by atoms with Gasteiger partial charge >= 0.3 is 6.18 Å². The smallest absolute Gasteiger partial charge is 0.347 e. The summed E-state index contributed by atoms with van der Waals surface area (Å²) >= 11 is 0. The van der Waals surface area contributed by atoms with Gasteiger partial charge in [-0.05, 0) is 36.5 Å². The van der Waals surface area contributed by atoms with Crippen molar-refractivity contribution in [2.24, 2.45) is 5.92 Å². The first-order valence-corrected chi connectivity index (χ1v) is 9.13. The molecule has 148 valence electrons. The summed E-state index contributed by atoms with van der Waals surface area (Å²) in [6.45, 7) is 1.76. The molecule has 28 heavy (non-hydrogen) atoms. The van der Waals surface area contributed by atoms with Gasteiger partial charge in [-0.15, -0.1) is 0 Å². The molecular formula is C19H19F3N4O2. The molecule has 1 aromatic heterocycles. The number of halogens is 3. The van der Waals surface area contributed by atoms with Crippen molar-refractivity contribution in [1.82, 2.24) is 20.0 Å². The Balaban J connectivity index is 1.42. The molecule has 2 heterocycles. The van der Waals surface area contributed by atoms with Crippen LogP contribution in [0.15, 0.2) is 30.3 Å². The Morgan fingerprint density at radius 1 is 1.21 bits per heavy atom. The Morgan fingerprint density at radius 3 is 2.71 bits per heavy atom. The second-order valence-electron chi connectivity index (χ2n) is 7.21. The number of nitrogens with zero attached hydrogens (tertiary/aromatic N) is 3. The average molecular weight is 392 g/mol. The quantitative estimate of drug-likeness (QED) is 0.851. The summed E-state index contributed by atoms with van der Waals surface area (Å²) in [7, 11) is 0. The second kappa shape index (κ2) is 6.96. The Labute approximate surface area is 159 Å². The number of hydrogen-bond donors (Lipinski definition) is 1. The summed E-state index contributed by atoms with van der Waals surface area (Å²) in [4.78, 5) is 26.7. The zero-order valence-corrected chi connectivity index (χ0v) is 15.0. The first kappa shape index (κ1) is 18.5. The monoisotopic (exact) mass is 392 g/mol. The Hall–Kier alpha value is -2.84. The van der Waals surface area contributed by atoms with Crippen LogP contribution in [0.3, 0.4) is 0 Å². The van der Waals surface area contributed by atoms with Crippen LogP contribution in [0.5, 0.6) is 0 Å². The first-order chi connectivity index (χ1) is 13.3. The van der Waals surface area contributed by atoms with Crippen molar-refractivity contribution in [2.45, 2.75) is 32.1 Å². The highest BCUT2D eigenvalue weighted by molar-refractivity contribution is 5.98. The molecule has 1 aliphatic heterocycles. The highest BCUT2D eigenvalue weighted by atomic mass is 19.4. The molecule has 2 aromatic rings. The van der Waals surface area contributed by atoms with E-state index in [2.05, 4.69) is 10.4 Å². The normalized spacial score (nSPS) is 16.8. The largest absolute Gasteiger partial charge is 0.416 e. The number of fused-ring (bicyclic) bond motifs is 1. The zero-order valence-electron chi connectivity index (χ0n) is 15.0. The number of benzene rings is 1. The van der Waals surface area contributed by atoms with Crippen LogP contribution >= 0.6 is 0 Å². The highest BCUT2D eigenvalue weighted by Gasteiger charge is 2.32. The third kappa shape index (κ3) is 3.88.